The van der Waals surface area contributed by atoms with Crippen LogP contribution in [0.25, 0.3) is 0 Å². The number of aliphatic carboxylic acids is 1. The quantitative estimate of drug-likeness (QED) is 0.101. The fraction of sp³-hybridized carbons (Fsp3) is 0.893. The molecule has 0 aliphatic heterocycles. The van der Waals surface area contributed by atoms with Crippen molar-refractivity contribution < 1.29 is 24.2 Å². The second kappa shape index (κ2) is 24.1. The van der Waals surface area contributed by atoms with Gasteiger partial charge in [-0.1, -0.05) is 84.5 Å². The number of hydrogen-bond acceptors (Lipinski definition) is 5. The van der Waals surface area contributed by atoms with Crippen molar-refractivity contribution in [3.05, 3.63) is 0 Å². The van der Waals surface area contributed by atoms with E-state index in [0.717, 1.165) is 44.9 Å². The lowest BCUT2D eigenvalue weighted by molar-refractivity contribution is -0.150. The van der Waals surface area contributed by atoms with E-state index in [2.05, 4.69) is 19.2 Å². The molecule has 7 nitrogen and oxygen atoms in total. The van der Waals surface area contributed by atoms with Gasteiger partial charge in [0.05, 0.1) is 0 Å². The Morgan fingerprint density at radius 2 is 1.29 bits per heavy atom. The lowest BCUT2D eigenvalue weighted by atomic mass is 10.0. The molecule has 0 aromatic heterocycles. The molecule has 0 aromatic carbocycles. The first-order valence-corrected chi connectivity index (χ1v) is 14.4. The van der Waals surface area contributed by atoms with Crippen LogP contribution in [0.1, 0.15) is 142 Å². The number of nitrogens with two attached hydrogens (primary N) is 1. The molecule has 0 saturated carbocycles. The van der Waals surface area contributed by atoms with Gasteiger partial charge in [0.2, 0.25) is 5.91 Å². The van der Waals surface area contributed by atoms with E-state index >= 15 is 0 Å². The second-order valence-corrected chi connectivity index (χ2v) is 9.82. The topological polar surface area (TPSA) is 119 Å². The van der Waals surface area contributed by atoms with Crippen molar-refractivity contribution in [3.63, 3.8) is 0 Å². The van der Waals surface area contributed by atoms with E-state index in [9.17, 15) is 19.5 Å². The summed E-state index contributed by atoms with van der Waals surface area (Å²) in [4.78, 5) is 35.5. The largest absolute Gasteiger partial charge is 0.480 e. The Balaban J connectivity index is 3.91. The van der Waals surface area contributed by atoms with Crippen molar-refractivity contribution >= 4 is 17.8 Å². The molecule has 0 aliphatic rings. The van der Waals surface area contributed by atoms with E-state index in [1.54, 1.807) is 0 Å². The van der Waals surface area contributed by atoms with E-state index in [4.69, 9.17) is 10.5 Å². The second-order valence-electron chi connectivity index (χ2n) is 9.82. The zero-order valence-corrected chi connectivity index (χ0v) is 22.7. The molecule has 4 N–H and O–H groups in total. The summed E-state index contributed by atoms with van der Waals surface area (Å²) in [6, 6.07) is -0.866. The highest BCUT2D eigenvalue weighted by Gasteiger charge is 2.19. The number of nitrogens with one attached hydrogen (secondary N) is 1. The molecular formula is C28H54N2O5. The zero-order valence-electron chi connectivity index (χ0n) is 22.7. The Morgan fingerprint density at radius 3 is 1.86 bits per heavy atom. The maximum Gasteiger partial charge on any atom is 0.326 e. The molecule has 2 unspecified atom stereocenters. The summed E-state index contributed by atoms with van der Waals surface area (Å²) in [5, 5.41) is 11.8. The maximum absolute atomic E-state index is 12.2. The van der Waals surface area contributed by atoms with Crippen LogP contribution in [0, 0.1) is 0 Å². The van der Waals surface area contributed by atoms with Gasteiger partial charge in [-0.15, -0.1) is 0 Å². The van der Waals surface area contributed by atoms with Crippen molar-refractivity contribution in [2.75, 3.05) is 6.54 Å². The van der Waals surface area contributed by atoms with Crippen LogP contribution in [0.5, 0.6) is 0 Å². The number of esters is 1. The van der Waals surface area contributed by atoms with Crippen molar-refractivity contribution in [2.45, 2.75) is 154 Å². The van der Waals surface area contributed by atoms with Gasteiger partial charge in [0.25, 0.3) is 0 Å². The Labute approximate surface area is 214 Å². The third-order valence-electron chi connectivity index (χ3n) is 6.40. The van der Waals surface area contributed by atoms with Crippen LogP contribution in [0.3, 0.4) is 0 Å². The van der Waals surface area contributed by atoms with Crippen LogP contribution in [0.15, 0.2) is 0 Å². The first-order chi connectivity index (χ1) is 16.9. The predicted octanol–water partition coefficient (Wildman–Crippen LogP) is 6.27. The van der Waals surface area contributed by atoms with Crippen LogP contribution in [-0.4, -0.2) is 41.6 Å². The van der Waals surface area contributed by atoms with Gasteiger partial charge in [-0.3, -0.25) is 9.59 Å². The van der Waals surface area contributed by atoms with E-state index in [1.165, 1.54) is 51.4 Å². The van der Waals surface area contributed by atoms with Gasteiger partial charge in [-0.2, -0.15) is 0 Å². The van der Waals surface area contributed by atoms with Crippen molar-refractivity contribution in [1.82, 2.24) is 5.32 Å². The molecule has 0 saturated heterocycles. The highest BCUT2D eigenvalue weighted by molar-refractivity contribution is 5.83. The third-order valence-corrected chi connectivity index (χ3v) is 6.40. The molecule has 0 radical (unpaired) electrons. The summed E-state index contributed by atoms with van der Waals surface area (Å²) in [7, 11) is 0. The predicted molar refractivity (Wildman–Crippen MR) is 142 cm³/mol. The summed E-state index contributed by atoms with van der Waals surface area (Å²) in [6.45, 7) is 4.74. The number of ether oxygens (including phenoxy) is 1. The lowest BCUT2D eigenvalue weighted by Crippen LogP contribution is -2.40. The van der Waals surface area contributed by atoms with Crippen LogP contribution in [-0.2, 0) is 19.1 Å². The van der Waals surface area contributed by atoms with Gasteiger partial charge >= 0.3 is 11.9 Å². The molecular weight excluding hydrogens is 444 g/mol. The standard InChI is InChI=1S/C28H54N2O5/c1-3-5-6-7-8-9-10-11-12-16-22-27(32)35-24(18-4-2)19-14-13-15-21-26(31)30-25(28(33)34)20-17-23-29/h24-25H,3-23,29H2,1-2H3,(H,30,31)(H,33,34). The molecule has 0 spiro atoms. The third kappa shape index (κ3) is 21.4. The van der Waals surface area contributed by atoms with Gasteiger partial charge in [0.15, 0.2) is 0 Å². The minimum Gasteiger partial charge on any atom is -0.480 e. The highest BCUT2D eigenvalue weighted by Crippen LogP contribution is 2.16. The van der Waals surface area contributed by atoms with E-state index < -0.39 is 12.0 Å². The average Bonchev–Trinajstić information content (AvgIpc) is 2.82. The number of carbonyl (C=O) groups is 3. The number of carbonyl (C=O) groups excluding carboxylic acids is 2. The van der Waals surface area contributed by atoms with Crippen molar-refractivity contribution in [1.29, 1.82) is 0 Å². The Kier molecular flexibility index (Phi) is 23.0. The number of hydrogen-bond donors (Lipinski definition) is 3. The molecule has 0 aromatic rings. The van der Waals surface area contributed by atoms with Gasteiger partial charge < -0.3 is 20.9 Å². The van der Waals surface area contributed by atoms with Crippen LogP contribution in [0.4, 0.5) is 0 Å². The molecule has 1 amide bonds. The Bertz CT molecular complexity index is 541. The average molecular weight is 499 g/mol. The minimum atomic E-state index is -1.02. The van der Waals surface area contributed by atoms with Crippen LogP contribution >= 0.6 is 0 Å². The maximum atomic E-state index is 12.2. The Hall–Kier alpha value is -1.63. The summed E-state index contributed by atoms with van der Waals surface area (Å²) in [5.41, 5.74) is 5.42. The molecule has 0 aliphatic carbocycles. The van der Waals surface area contributed by atoms with Crippen LogP contribution < -0.4 is 11.1 Å². The van der Waals surface area contributed by atoms with E-state index in [0.29, 0.717) is 38.6 Å². The van der Waals surface area contributed by atoms with E-state index in [1.807, 2.05) is 0 Å². The van der Waals surface area contributed by atoms with Gasteiger partial charge in [-0.25, -0.2) is 4.79 Å². The number of amides is 1. The summed E-state index contributed by atoms with van der Waals surface area (Å²) < 4.78 is 5.72. The highest BCUT2D eigenvalue weighted by atomic mass is 16.5. The van der Waals surface area contributed by atoms with Gasteiger partial charge in [0, 0.05) is 12.8 Å². The SMILES string of the molecule is CCCCCCCCCCCCC(=O)OC(CCC)CCCCCC(=O)NC(CCCN)C(=O)O. The van der Waals surface area contributed by atoms with E-state index in [-0.39, 0.29) is 18.0 Å². The first kappa shape index (κ1) is 33.4. The normalized spacial score (nSPS) is 12.8. The monoisotopic (exact) mass is 498 g/mol. The Morgan fingerprint density at radius 1 is 0.714 bits per heavy atom. The molecule has 2 atom stereocenters. The lowest BCUT2D eigenvalue weighted by Gasteiger charge is -2.17. The number of rotatable bonds is 25. The zero-order chi connectivity index (χ0) is 26.2. The number of carboxylic acids is 1. The van der Waals surface area contributed by atoms with Crippen molar-refractivity contribution in [2.24, 2.45) is 5.73 Å². The van der Waals surface area contributed by atoms with Gasteiger partial charge in [0.1, 0.15) is 12.1 Å². The molecule has 0 bridgehead atoms. The number of carboxylic acid groups (broad SMARTS) is 1. The molecule has 35 heavy (non-hydrogen) atoms. The minimum absolute atomic E-state index is 0.0444. The molecule has 206 valence electrons. The van der Waals surface area contributed by atoms with Gasteiger partial charge in [-0.05, 0) is 51.5 Å². The van der Waals surface area contributed by atoms with Crippen LogP contribution in [0.2, 0.25) is 0 Å². The molecule has 7 heteroatoms. The molecule has 0 rings (SSSR count). The fourth-order valence-electron chi connectivity index (χ4n) is 4.27. The number of unbranched alkanes of at least 4 members (excludes halogenated alkanes) is 11. The summed E-state index contributed by atoms with van der Waals surface area (Å²) >= 11 is 0. The summed E-state index contributed by atoms with van der Waals surface area (Å²) in [5.74, 6) is -1.34. The molecule has 0 heterocycles. The van der Waals surface area contributed by atoms with Crippen molar-refractivity contribution in [3.8, 4) is 0 Å². The fourth-order valence-corrected chi connectivity index (χ4v) is 4.27. The summed E-state index contributed by atoms with van der Waals surface area (Å²) in [6.07, 6.45) is 19.2. The first-order valence-electron chi connectivity index (χ1n) is 14.4. The molecule has 0 fully saturated rings. The smallest absolute Gasteiger partial charge is 0.326 e.